The fraction of sp³-hybridized carbons (Fsp3) is 0.571. The Balaban J connectivity index is 2.87. The highest BCUT2D eigenvalue weighted by atomic mass is 16.2. The molecule has 1 aliphatic heterocycles. The van der Waals surface area contributed by atoms with E-state index in [2.05, 4.69) is 5.32 Å². The van der Waals surface area contributed by atoms with E-state index in [9.17, 15) is 9.59 Å². The van der Waals surface area contributed by atoms with Gasteiger partial charge in [-0.3, -0.25) is 4.79 Å². The number of nitrogens with one attached hydrogen (secondary N) is 1. The summed E-state index contributed by atoms with van der Waals surface area (Å²) >= 11 is 0. The van der Waals surface area contributed by atoms with Crippen molar-refractivity contribution in [1.82, 2.24) is 10.2 Å². The van der Waals surface area contributed by atoms with Crippen molar-refractivity contribution in [2.24, 2.45) is 0 Å². The average molecular weight is 167 g/mol. The molecule has 0 spiro atoms. The van der Waals surface area contributed by atoms with E-state index in [0.717, 1.165) is 4.90 Å². The Morgan fingerprint density at radius 2 is 2.17 bits per heavy atom. The molecule has 1 N–H and O–H groups in total. The Labute approximate surface area is 69.9 Å². The normalized spacial score (nSPS) is 20.6. The van der Waals surface area contributed by atoms with Gasteiger partial charge in [-0.25, -0.2) is 9.69 Å². The molecule has 0 unspecified atom stereocenters. The van der Waals surface area contributed by atoms with Crippen LogP contribution >= 0.6 is 0 Å². The first kappa shape index (κ1) is 8.53. The summed E-state index contributed by atoms with van der Waals surface area (Å²) in [5, 5.41) is 10.8. The zero-order valence-corrected chi connectivity index (χ0v) is 6.92. The zero-order valence-electron chi connectivity index (χ0n) is 6.92. The van der Waals surface area contributed by atoms with Crippen molar-refractivity contribution >= 4 is 11.9 Å². The molecule has 0 atom stereocenters. The van der Waals surface area contributed by atoms with Gasteiger partial charge in [0.25, 0.3) is 5.91 Å². The number of carbonyl (C=O) groups excluding carboxylic acids is 2. The standard InChI is InChI=1S/C7H9N3O2/c1-7(2)5(11)10(4-3-8)6(12)9-7/h4H2,1-2H3,(H,9,12). The third-order valence-electron chi connectivity index (χ3n) is 1.67. The monoisotopic (exact) mass is 167 g/mol. The summed E-state index contributed by atoms with van der Waals surface area (Å²) in [4.78, 5) is 23.3. The Morgan fingerprint density at radius 3 is 2.50 bits per heavy atom. The van der Waals surface area contributed by atoms with Crippen LogP contribution < -0.4 is 5.32 Å². The molecule has 1 aliphatic rings. The predicted octanol–water partition coefficient (Wildman–Crippen LogP) is -0.160. The van der Waals surface area contributed by atoms with Gasteiger partial charge in [-0.15, -0.1) is 0 Å². The maximum Gasteiger partial charge on any atom is 0.325 e. The van der Waals surface area contributed by atoms with Crippen LogP contribution in [0.4, 0.5) is 4.79 Å². The fourth-order valence-corrected chi connectivity index (χ4v) is 1.03. The van der Waals surface area contributed by atoms with E-state index in [-0.39, 0.29) is 12.5 Å². The molecule has 1 saturated heterocycles. The third-order valence-corrected chi connectivity index (χ3v) is 1.67. The minimum Gasteiger partial charge on any atom is -0.324 e. The summed E-state index contributed by atoms with van der Waals surface area (Å²) in [6, 6.07) is 1.26. The van der Waals surface area contributed by atoms with Crippen LogP contribution in [0.1, 0.15) is 13.8 Å². The van der Waals surface area contributed by atoms with Gasteiger partial charge >= 0.3 is 6.03 Å². The minimum atomic E-state index is -0.867. The van der Waals surface area contributed by atoms with Gasteiger partial charge in [0.2, 0.25) is 0 Å². The summed E-state index contributed by atoms with van der Waals surface area (Å²) < 4.78 is 0. The lowest BCUT2D eigenvalue weighted by molar-refractivity contribution is -0.129. The van der Waals surface area contributed by atoms with E-state index >= 15 is 0 Å². The first-order valence-corrected chi connectivity index (χ1v) is 3.50. The summed E-state index contributed by atoms with van der Waals surface area (Å²) in [7, 11) is 0. The van der Waals surface area contributed by atoms with Crippen LogP contribution in [0.15, 0.2) is 0 Å². The second kappa shape index (κ2) is 2.48. The molecule has 0 aromatic rings. The predicted molar refractivity (Wildman–Crippen MR) is 39.9 cm³/mol. The van der Waals surface area contributed by atoms with Gasteiger partial charge < -0.3 is 5.32 Å². The van der Waals surface area contributed by atoms with Crippen molar-refractivity contribution in [3.8, 4) is 6.07 Å². The van der Waals surface area contributed by atoms with E-state index in [1.807, 2.05) is 0 Å². The number of hydrogen-bond acceptors (Lipinski definition) is 3. The molecule has 12 heavy (non-hydrogen) atoms. The number of urea groups is 1. The lowest BCUT2D eigenvalue weighted by Gasteiger charge is -2.13. The van der Waals surface area contributed by atoms with Gasteiger partial charge in [-0.2, -0.15) is 5.26 Å². The average Bonchev–Trinajstić information content (AvgIpc) is 2.13. The highest BCUT2D eigenvalue weighted by Crippen LogP contribution is 2.15. The number of imide groups is 1. The summed E-state index contributed by atoms with van der Waals surface area (Å²) in [5.41, 5.74) is -0.867. The Morgan fingerprint density at radius 1 is 1.58 bits per heavy atom. The van der Waals surface area contributed by atoms with Crippen molar-refractivity contribution in [3.05, 3.63) is 0 Å². The summed E-state index contributed by atoms with van der Waals surface area (Å²) in [6.45, 7) is 3.02. The fourth-order valence-electron chi connectivity index (χ4n) is 1.03. The van der Waals surface area contributed by atoms with E-state index in [1.54, 1.807) is 19.9 Å². The van der Waals surface area contributed by atoms with E-state index in [0.29, 0.717) is 0 Å². The van der Waals surface area contributed by atoms with Crippen LogP contribution in [0, 0.1) is 11.3 Å². The van der Waals surface area contributed by atoms with Gasteiger partial charge in [0, 0.05) is 0 Å². The van der Waals surface area contributed by atoms with Crippen LogP contribution in [-0.4, -0.2) is 28.9 Å². The highest BCUT2D eigenvalue weighted by Gasteiger charge is 2.43. The molecule has 1 rings (SSSR count). The number of nitrogens with zero attached hydrogens (tertiary/aromatic N) is 2. The lowest BCUT2D eigenvalue weighted by atomic mass is 10.1. The van der Waals surface area contributed by atoms with Gasteiger partial charge in [-0.1, -0.05) is 0 Å². The van der Waals surface area contributed by atoms with Crippen molar-refractivity contribution in [2.75, 3.05) is 6.54 Å². The van der Waals surface area contributed by atoms with Crippen LogP contribution in [0.25, 0.3) is 0 Å². The smallest absolute Gasteiger partial charge is 0.324 e. The number of rotatable bonds is 1. The molecule has 0 radical (unpaired) electrons. The highest BCUT2D eigenvalue weighted by molar-refractivity contribution is 6.06. The number of carbonyl (C=O) groups is 2. The maximum atomic E-state index is 11.3. The molecule has 0 saturated carbocycles. The Hall–Kier alpha value is -1.57. The number of amides is 3. The molecule has 64 valence electrons. The SMILES string of the molecule is CC1(C)NC(=O)N(CC#N)C1=O. The lowest BCUT2D eigenvalue weighted by Crippen LogP contribution is -2.40. The molecular weight excluding hydrogens is 158 g/mol. The molecule has 1 heterocycles. The second-order valence-electron chi connectivity index (χ2n) is 3.10. The third kappa shape index (κ3) is 1.11. The molecule has 0 bridgehead atoms. The van der Waals surface area contributed by atoms with E-state index in [4.69, 9.17) is 5.26 Å². The molecule has 3 amide bonds. The molecule has 5 heteroatoms. The maximum absolute atomic E-state index is 11.3. The van der Waals surface area contributed by atoms with Gasteiger partial charge in [0.05, 0.1) is 6.07 Å². The van der Waals surface area contributed by atoms with Gasteiger partial charge in [-0.05, 0) is 13.8 Å². The summed E-state index contributed by atoms with van der Waals surface area (Å²) in [5.74, 6) is -0.353. The Bertz CT molecular complexity index is 277. The molecule has 0 aliphatic carbocycles. The van der Waals surface area contributed by atoms with Crippen LogP contribution in [0.3, 0.4) is 0 Å². The van der Waals surface area contributed by atoms with Crippen LogP contribution in [0.2, 0.25) is 0 Å². The number of nitriles is 1. The minimum absolute atomic E-state index is 0.186. The zero-order chi connectivity index (χ0) is 9.35. The topological polar surface area (TPSA) is 73.2 Å². The number of hydrogen-bond donors (Lipinski definition) is 1. The first-order valence-electron chi connectivity index (χ1n) is 3.50. The molecule has 1 fully saturated rings. The first-order chi connectivity index (χ1) is 5.49. The van der Waals surface area contributed by atoms with Gasteiger partial charge in [0.15, 0.2) is 0 Å². The molecule has 5 nitrogen and oxygen atoms in total. The molecule has 0 aromatic heterocycles. The van der Waals surface area contributed by atoms with Crippen molar-refractivity contribution < 1.29 is 9.59 Å². The molecular formula is C7H9N3O2. The van der Waals surface area contributed by atoms with Crippen molar-refractivity contribution in [2.45, 2.75) is 19.4 Å². The van der Waals surface area contributed by atoms with E-state index in [1.165, 1.54) is 0 Å². The van der Waals surface area contributed by atoms with Gasteiger partial charge in [0.1, 0.15) is 12.1 Å². The second-order valence-corrected chi connectivity index (χ2v) is 3.10. The van der Waals surface area contributed by atoms with Crippen LogP contribution in [-0.2, 0) is 4.79 Å². The Kier molecular flexibility index (Phi) is 1.76. The largest absolute Gasteiger partial charge is 0.325 e. The summed E-state index contributed by atoms with van der Waals surface area (Å²) in [6.07, 6.45) is 0. The molecule has 0 aromatic carbocycles. The van der Waals surface area contributed by atoms with E-state index < -0.39 is 11.6 Å². The van der Waals surface area contributed by atoms with Crippen molar-refractivity contribution in [1.29, 1.82) is 5.26 Å². The quantitative estimate of drug-likeness (QED) is 0.435. The van der Waals surface area contributed by atoms with Crippen molar-refractivity contribution in [3.63, 3.8) is 0 Å². The van der Waals surface area contributed by atoms with Crippen LogP contribution in [0.5, 0.6) is 0 Å².